The first-order chi connectivity index (χ1) is 13.3. The van der Waals surface area contributed by atoms with Crippen LogP contribution in [-0.2, 0) is 14.4 Å². The monoisotopic (exact) mass is 444 g/mol. The first kappa shape index (κ1) is 22.4. The lowest BCUT2D eigenvalue weighted by molar-refractivity contribution is -0.125. The molecule has 1 aliphatic carbocycles. The summed E-state index contributed by atoms with van der Waals surface area (Å²) in [6, 6.07) is 4.69. The fourth-order valence-corrected chi connectivity index (χ4v) is 3.44. The van der Waals surface area contributed by atoms with Crippen molar-refractivity contribution in [1.82, 2.24) is 16.2 Å². The van der Waals surface area contributed by atoms with Gasteiger partial charge < -0.3 is 10.6 Å². The number of amides is 3. The normalized spacial score (nSPS) is 14.1. The predicted octanol–water partition coefficient (Wildman–Crippen LogP) is 3.31. The third-order valence-electron chi connectivity index (χ3n) is 4.31. The van der Waals surface area contributed by atoms with Crippen molar-refractivity contribution in [3.63, 3.8) is 0 Å². The molecular formula is C18H22Cl2N4O3S. The molecule has 0 heterocycles. The summed E-state index contributed by atoms with van der Waals surface area (Å²) >= 11 is 16.8. The lowest BCUT2D eigenvalue weighted by atomic mass is 9.89. The fourth-order valence-electron chi connectivity index (χ4n) is 2.83. The average molecular weight is 445 g/mol. The molecule has 0 bridgehead atoms. The quantitative estimate of drug-likeness (QED) is 0.412. The summed E-state index contributed by atoms with van der Waals surface area (Å²) < 4.78 is 0. The number of hydrogen-bond donors (Lipinski definition) is 4. The molecule has 28 heavy (non-hydrogen) atoms. The van der Waals surface area contributed by atoms with Gasteiger partial charge in [-0.1, -0.05) is 42.5 Å². The van der Waals surface area contributed by atoms with Crippen LogP contribution in [0, 0.1) is 5.92 Å². The molecule has 0 saturated heterocycles. The third kappa shape index (κ3) is 7.61. The lowest BCUT2D eigenvalue weighted by Gasteiger charge is -2.21. The summed E-state index contributed by atoms with van der Waals surface area (Å²) in [6.07, 6.45) is 4.83. The largest absolute Gasteiger partial charge is 0.325 e. The zero-order valence-electron chi connectivity index (χ0n) is 15.1. The predicted molar refractivity (Wildman–Crippen MR) is 113 cm³/mol. The molecule has 0 unspecified atom stereocenters. The Labute approximate surface area is 178 Å². The van der Waals surface area contributed by atoms with Gasteiger partial charge in [0.1, 0.15) is 0 Å². The van der Waals surface area contributed by atoms with E-state index >= 15 is 0 Å². The zero-order valence-corrected chi connectivity index (χ0v) is 17.5. The van der Waals surface area contributed by atoms with Gasteiger partial charge >= 0.3 is 0 Å². The van der Waals surface area contributed by atoms with Gasteiger partial charge in [-0.15, -0.1) is 0 Å². The molecule has 3 amide bonds. The fraction of sp³-hybridized carbons (Fsp3) is 0.444. The van der Waals surface area contributed by atoms with Crippen LogP contribution in [0.2, 0.25) is 10.0 Å². The van der Waals surface area contributed by atoms with Crippen molar-refractivity contribution in [3.05, 3.63) is 28.2 Å². The van der Waals surface area contributed by atoms with Crippen molar-refractivity contribution >= 4 is 63.9 Å². The number of nitrogens with one attached hydrogen (secondary N) is 4. The Morgan fingerprint density at radius 3 is 2.36 bits per heavy atom. The standard InChI is InChI=1S/C18H22Cl2N4O3S/c19-12-6-7-14(13(20)10-12)21-15(25)8-9-16(26)23-24-18(28)22-17(27)11-4-2-1-3-5-11/h6-7,10-11H,1-5,8-9H2,(H,21,25)(H,23,26)(H2,22,24,27,28). The zero-order chi connectivity index (χ0) is 20.5. The molecule has 0 aromatic heterocycles. The van der Waals surface area contributed by atoms with Crippen LogP contribution in [0.15, 0.2) is 18.2 Å². The van der Waals surface area contributed by atoms with Crippen LogP contribution in [0.1, 0.15) is 44.9 Å². The average Bonchev–Trinajstić information content (AvgIpc) is 2.67. The number of hydrazine groups is 1. The summed E-state index contributed by atoms with van der Waals surface area (Å²) in [7, 11) is 0. The van der Waals surface area contributed by atoms with E-state index in [4.69, 9.17) is 35.4 Å². The number of hydrogen-bond acceptors (Lipinski definition) is 4. The van der Waals surface area contributed by atoms with Crippen molar-refractivity contribution in [2.75, 3.05) is 5.32 Å². The molecule has 0 spiro atoms. The highest BCUT2D eigenvalue weighted by atomic mass is 35.5. The summed E-state index contributed by atoms with van der Waals surface area (Å²) in [6.45, 7) is 0. The van der Waals surface area contributed by atoms with Gasteiger partial charge in [-0.3, -0.25) is 25.2 Å². The maximum Gasteiger partial charge on any atom is 0.238 e. The van der Waals surface area contributed by atoms with Crippen LogP contribution in [-0.4, -0.2) is 22.8 Å². The highest BCUT2D eigenvalue weighted by Gasteiger charge is 2.21. The Hall–Kier alpha value is -1.90. The SMILES string of the molecule is O=C(CCC(=O)Nc1ccc(Cl)cc1Cl)NNC(=S)NC(=O)C1CCCCC1. The third-order valence-corrected chi connectivity index (χ3v) is 5.06. The van der Waals surface area contributed by atoms with Crippen LogP contribution in [0.25, 0.3) is 0 Å². The van der Waals surface area contributed by atoms with E-state index in [0.717, 1.165) is 32.1 Å². The summed E-state index contributed by atoms with van der Waals surface area (Å²) in [4.78, 5) is 35.8. The first-order valence-corrected chi connectivity index (χ1v) is 10.2. The van der Waals surface area contributed by atoms with Crippen molar-refractivity contribution in [3.8, 4) is 0 Å². The molecule has 2 rings (SSSR count). The van der Waals surface area contributed by atoms with Crippen molar-refractivity contribution in [2.24, 2.45) is 5.92 Å². The molecule has 0 aliphatic heterocycles. The second-order valence-corrected chi connectivity index (χ2v) is 7.75. The van der Waals surface area contributed by atoms with Crippen LogP contribution in [0.3, 0.4) is 0 Å². The molecule has 7 nitrogen and oxygen atoms in total. The molecule has 0 atom stereocenters. The number of halogens is 2. The molecule has 1 fully saturated rings. The van der Waals surface area contributed by atoms with Crippen molar-refractivity contribution in [2.45, 2.75) is 44.9 Å². The Bertz CT molecular complexity index is 754. The Kier molecular flexibility index (Phi) is 8.95. The van der Waals surface area contributed by atoms with Crippen LogP contribution in [0.4, 0.5) is 5.69 Å². The molecule has 4 N–H and O–H groups in total. The van der Waals surface area contributed by atoms with E-state index in [-0.39, 0.29) is 35.7 Å². The topological polar surface area (TPSA) is 99.3 Å². The number of carbonyl (C=O) groups is 3. The highest BCUT2D eigenvalue weighted by molar-refractivity contribution is 7.80. The summed E-state index contributed by atoms with van der Waals surface area (Å²) in [5.74, 6) is -0.975. The van der Waals surface area contributed by atoms with Gasteiger partial charge in [0, 0.05) is 23.8 Å². The van der Waals surface area contributed by atoms with Gasteiger partial charge in [0.2, 0.25) is 17.7 Å². The molecule has 0 radical (unpaired) electrons. The number of benzene rings is 1. The Morgan fingerprint density at radius 2 is 1.68 bits per heavy atom. The molecule has 1 aromatic rings. The van der Waals surface area contributed by atoms with E-state index in [2.05, 4.69) is 21.5 Å². The van der Waals surface area contributed by atoms with E-state index in [9.17, 15) is 14.4 Å². The minimum absolute atomic E-state index is 0.0290. The van der Waals surface area contributed by atoms with E-state index in [1.807, 2.05) is 0 Å². The molecular weight excluding hydrogens is 423 g/mol. The molecule has 152 valence electrons. The molecule has 1 aromatic carbocycles. The van der Waals surface area contributed by atoms with Crippen LogP contribution in [0.5, 0.6) is 0 Å². The number of anilines is 1. The van der Waals surface area contributed by atoms with E-state index < -0.39 is 5.91 Å². The van der Waals surface area contributed by atoms with Gasteiger partial charge in [0.25, 0.3) is 0 Å². The second-order valence-electron chi connectivity index (χ2n) is 6.50. The lowest BCUT2D eigenvalue weighted by Crippen LogP contribution is -2.49. The van der Waals surface area contributed by atoms with E-state index in [1.54, 1.807) is 12.1 Å². The smallest absolute Gasteiger partial charge is 0.238 e. The second kappa shape index (κ2) is 11.2. The summed E-state index contributed by atoms with van der Waals surface area (Å²) in [5, 5.41) is 5.98. The molecule has 10 heteroatoms. The molecule has 1 aliphatic rings. The van der Waals surface area contributed by atoms with Gasteiger partial charge in [0.05, 0.1) is 10.7 Å². The van der Waals surface area contributed by atoms with Gasteiger partial charge in [0.15, 0.2) is 5.11 Å². The summed E-state index contributed by atoms with van der Waals surface area (Å²) in [5.41, 5.74) is 5.25. The first-order valence-electron chi connectivity index (χ1n) is 8.99. The van der Waals surface area contributed by atoms with Gasteiger partial charge in [-0.2, -0.15) is 0 Å². The van der Waals surface area contributed by atoms with Crippen LogP contribution >= 0.6 is 35.4 Å². The Morgan fingerprint density at radius 1 is 1.00 bits per heavy atom. The maximum absolute atomic E-state index is 12.1. The van der Waals surface area contributed by atoms with E-state index in [0.29, 0.717) is 15.7 Å². The number of thiocarbonyl (C=S) groups is 1. The highest BCUT2D eigenvalue weighted by Crippen LogP contribution is 2.25. The van der Waals surface area contributed by atoms with Gasteiger partial charge in [-0.05, 0) is 43.3 Å². The minimum Gasteiger partial charge on any atom is -0.325 e. The van der Waals surface area contributed by atoms with E-state index in [1.165, 1.54) is 6.07 Å². The molecule has 1 saturated carbocycles. The number of rotatable bonds is 5. The van der Waals surface area contributed by atoms with Gasteiger partial charge in [-0.25, -0.2) is 0 Å². The minimum atomic E-state index is -0.438. The maximum atomic E-state index is 12.1. The Balaban J connectivity index is 1.65. The van der Waals surface area contributed by atoms with Crippen LogP contribution < -0.4 is 21.5 Å². The van der Waals surface area contributed by atoms with Crippen molar-refractivity contribution in [1.29, 1.82) is 0 Å². The van der Waals surface area contributed by atoms with Crippen molar-refractivity contribution < 1.29 is 14.4 Å². The number of carbonyl (C=O) groups excluding carboxylic acids is 3.